The first-order valence-corrected chi connectivity index (χ1v) is 9.95. The van der Waals surface area contributed by atoms with Crippen molar-refractivity contribution in [3.05, 3.63) is 35.9 Å². The van der Waals surface area contributed by atoms with Crippen molar-refractivity contribution in [2.45, 2.75) is 63.5 Å². The number of likely N-dealkylation sites (tertiary alicyclic amines) is 2. The molecule has 3 aliphatic rings. The number of rotatable bonds is 1. The first-order valence-electron chi connectivity index (χ1n) is 9.95. The topological polar surface area (TPSA) is 43.8 Å². The fourth-order valence-corrected chi connectivity index (χ4v) is 5.25. The van der Waals surface area contributed by atoms with Gasteiger partial charge in [0.2, 0.25) is 0 Å². The number of urea groups is 1. The van der Waals surface area contributed by atoms with Gasteiger partial charge in [-0.05, 0) is 49.5 Å². The minimum Gasteiger partial charge on any atom is -0.393 e. The Morgan fingerprint density at radius 2 is 1.76 bits per heavy atom. The van der Waals surface area contributed by atoms with Crippen LogP contribution in [0.15, 0.2) is 30.3 Å². The molecular weight excluding hydrogens is 312 g/mol. The Hall–Kier alpha value is -1.55. The van der Waals surface area contributed by atoms with Crippen molar-refractivity contribution in [3.63, 3.8) is 0 Å². The Kier molecular flexibility index (Phi) is 4.72. The van der Waals surface area contributed by atoms with Crippen LogP contribution < -0.4 is 0 Å². The summed E-state index contributed by atoms with van der Waals surface area (Å²) in [5, 5.41) is 10.2. The highest BCUT2D eigenvalue weighted by Crippen LogP contribution is 2.45. The summed E-state index contributed by atoms with van der Waals surface area (Å²) >= 11 is 0. The molecule has 0 radical (unpaired) electrons. The fourth-order valence-electron chi connectivity index (χ4n) is 5.25. The maximum atomic E-state index is 13.4. The Morgan fingerprint density at radius 1 is 1.04 bits per heavy atom. The standard InChI is InChI=1S/C21H30N2O2/c24-18-9-14-23(19(15-18)17-7-2-1-3-8-17)20(25)22-13-6-12-21(16-22)10-4-5-11-21/h1-3,7-8,18-19,24H,4-6,9-16H2. The Balaban J connectivity index is 1.53. The predicted molar refractivity (Wildman–Crippen MR) is 98.2 cm³/mol. The van der Waals surface area contributed by atoms with E-state index in [2.05, 4.69) is 17.0 Å². The van der Waals surface area contributed by atoms with Crippen molar-refractivity contribution in [2.75, 3.05) is 19.6 Å². The first-order chi connectivity index (χ1) is 12.2. The van der Waals surface area contributed by atoms with Crippen molar-refractivity contribution < 1.29 is 9.90 Å². The molecule has 136 valence electrons. The van der Waals surface area contributed by atoms with Crippen LogP contribution in [0.4, 0.5) is 4.79 Å². The molecule has 1 aliphatic carbocycles. The van der Waals surface area contributed by atoms with Crippen LogP contribution in [-0.2, 0) is 0 Å². The molecule has 4 rings (SSSR count). The lowest BCUT2D eigenvalue weighted by atomic mass is 9.78. The maximum Gasteiger partial charge on any atom is 0.320 e. The molecule has 2 aliphatic heterocycles. The predicted octanol–water partition coefficient (Wildman–Crippen LogP) is 3.96. The van der Waals surface area contributed by atoms with Crippen LogP contribution in [0.1, 0.15) is 63.0 Å². The Morgan fingerprint density at radius 3 is 2.52 bits per heavy atom. The Bertz CT molecular complexity index is 597. The first kappa shape index (κ1) is 16.9. The van der Waals surface area contributed by atoms with Crippen LogP contribution in [0, 0.1) is 5.41 Å². The zero-order valence-corrected chi connectivity index (χ0v) is 15.1. The lowest BCUT2D eigenvalue weighted by Crippen LogP contribution is -2.53. The van der Waals surface area contributed by atoms with Crippen molar-refractivity contribution in [1.29, 1.82) is 0 Å². The number of carbonyl (C=O) groups is 1. The summed E-state index contributed by atoms with van der Waals surface area (Å²) in [6.07, 6.45) is 8.68. The molecular formula is C21H30N2O2. The summed E-state index contributed by atoms with van der Waals surface area (Å²) in [7, 11) is 0. The summed E-state index contributed by atoms with van der Waals surface area (Å²) in [4.78, 5) is 17.5. The van der Waals surface area contributed by atoms with Gasteiger partial charge in [-0.3, -0.25) is 0 Å². The van der Waals surface area contributed by atoms with Crippen molar-refractivity contribution in [3.8, 4) is 0 Å². The summed E-state index contributed by atoms with van der Waals surface area (Å²) in [5.41, 5.74) is 1.54. The SMILES string of the molecule is O=C(N1CCCC2(CCCC2)C1)N1CCC(O)CC1c1ccccc1. The van der Waals surface area contributed by atoms with Gasteiger partial charge in [-0.25, -0.2) is 4.79 Å². The van der Waals surface area contributed by atoms with E-state index in [1.165, 1.54) is 32.1 Å². The smallest absolute Gasteiger partial charge is 0.320 e. The van der Waals surface area contributed by atoms with Crippen LogP contribution in [0.5, 0.6) is 0 Å². The molecule has 1 aromatic carbocycles. The maximum absolute atomic E-state index is 13.4. The highest BCUT2D eigenvalue weighted by molar-refractivity contribution is 5.75. The minimum absolute atomic E-state index is 0.00101. The highest BCUT2D eigenvalue weighted by Gasteiger charge is 2.41. The van der Waals surface area contributed by atoms with E-state index in [4.69, 9.17) is 0 Å². The van der Waals surface area contributed by atoms with E-state index in [0.717, 1.165) is 25.1 Å². The molecule has 1 saturated carbocycles. The van der Waals surface area contributed by atoms with Crippen LogP contribution >= 0.6 is 0 Å². The van der Waals surface area contributed by atoms with Gasteiger partial charge < -0.3 is 14.9 Å². The second-order valence-electron chi connectivity index (χ2n) is 8.31. The van der Waals surface area contributed by atoms with Gasteiger partial charge in [0, 0.05) is 19.6 Å². The molecule has 1 N–H and O–H groups in total. The van der Waals surface area contributed by atoms with Crippen LogP contribution in [-0.4, -0.2) is 46.7 Å². The van der Waals surface area contributed by atoms with E-state index in [1.54, 1.807) is 0 Å². The number of nitrogens with zero attached hydrogens (tertiary/aromatic N) is 2. The lowest BCUT2D eigenvalue weighted by Gasteiger charge is -2.45. The van der Waals surface area contributed by atoms with E-state index in [9.17, 15) is 9.90 Å². The molecule has 3 fully saturated rings. The number of hydrogen-bond donors (Lipinski definition) is 1. The molecule has 2 amide bonds. The second kappa shape index (κ2) is 6.99. The molecule has 2 heterocycles. The molecule has 0 aromatic heterocycles. The third-order valence-corrected chi connectivity index (χ3v) is 6.60. The van der Waals surface area contributed by atoms with E-state index < -0.39 is 0 Å². The number of carbonyl (C=O) groups excluding carboxylic acids is 1. The van der Waals surface area contributed by atoms with Crippen molar-refractivity contribution in [2.24, 2.45) is 5.41 Å². The summed E-state index contributed by atoms with van der Waals surface area (Å²) in [6.45, 7) is 2.48. The molecule has 2 atom stereocenters. The monoisotopic (exact) mass is 342 g/mol. The zero-order chi connectivity index (χ0) is 17.3. The lowest BCUT2D eigenvalue weighted by molar-refractivity contribution is 0.0332. The normalized spacial score (nSPS) is 29.2. The van der Waals surface area contributed by atoms with Crippen molar-refractivity contribution >= 4 is 6.03 Å². The minimum atomic E-state index is -0.309. The molecule has 2 unspecified atom stereocenters. The van der Waals surface area contributed by atoms with Gasteiger partial charge in [0.05, 0.1) is 12.1 Å². The average Bonchev–Trinajstić information content (AvgIpc) is 3.09. The van der Waals surface area contributed by atoms with Crippen LogP contribution in [0.2, 0.25) is 0 Å². The van der Waals surface area contributed by atoms with Gasteiger partial charge in [-0.15, -0.1) is 0 Å². The summed E-state index contributed by atoms with van der Waals surface area (Å²) in [5.74, 6) is 0. The molecule has 2 saturated heterocycles. The van der Waals surface area contributed by atoms with Crippen molar-refractivity contribution in [1.82, 2.24) is 9.80 Å². The zero-order valence-electron chi connectivity index (χ0n) is 15.1. The van der Waals surface area contributed by atoms with Crippen LogP contribution in [0.3, 0.4) is 0 Å². The number of piperidine rings is 2. The van der Waals surface area contributed by atoms with Gasteiger partial charge in [0.15, 0.2) is 0 Å². The van der Waals surface area contributed by atoms with Gasteiger partial charge >= 0.3 is 6.03 Å². The Labute approximate surface area is 150 Å². The van der Waals surface area contributed by atoms with Gasteiger partial charge in [0.1, 0.15) is 0 Å². The number of aliphatic hydroxyl groups excluding tert-OH is 1. The number of amides is 2. The molecule has 4 heteroatoms. The third kappa shape index (κ3) is 3.41. The van der Waals surface area contributed by atoms with Gasteiger partial charge in [-0.1, -0.05) is 43.2 Å². The highest BCUT2D eigenvalue weighted by atomic mass is 16.3. The third-order valence-electron chi connectivity index (χ3n) is 6.60. The summed E-state index contributed by atoms with van der Waals surface area (Å²) in [6, 6.07) is 10.4. The summed E-state index contributed by atoms with van der Waals surface area (Å²) < 4.78 is 0. The van der Waals surface area contributed by atoms with E-state index in [0.29, 0.717) is 24.8 Å². The van der Waals surface area contributed by atoms with E-state index in [1.807, 2.05) is 23.1 Å². The van der Waals surface area contributed by atoms with E-state index >= 15 is 0 Å². The number of aliphatic hydroxyl groups is 1. The fraction of sp³-hybridized carbons (Fsp3) is 0.667. The van der Waals surface area contributed by atoms with Gasteiger partial charge in [0.25, 0.3) is 0 Å². The molecule has 25 heavy (non-hydrogen) atoms. The van der Waals surface area contributed by atoms with E-state index in [-0.39, 0.29) is 18.2 Å². The molecule has 0 bridgehead atoms. The largest absolute Gasteiger partial charge is 0.393 e. The average molecular weight is 342 g/mol. The second-order valence-corrected chi connectivity index (χ2v) is 8.31. The number of benzene rings is 1. The van der Waals surface area contributed by atoms with Gasteiger partial charge in [-0.2, -0.15) is 0 Å². The molecule has 1 aromatic rings. The van der Waals surface area contributed by atoms with Crippen LogP contribution in [0.25, 0.3) is 0 Å². The molecule has 4 nitrogen and oxygen atoms in total. The number of hydrogen-bond acceptors (Lipinski definition) is 2. The molecule has 1 spiro atoms. The quantitative estimate of drug-likeness (QED) is 0.839.